The van der Waals surface area contributed by atoms with Crippen LogP contribution in [0.1, 0.15) is 0 Å². The van der Waals surface area contributed by atoms with E-state index in [1.54, 1.807) is 34.7 Å². The molecule has 0 amide bonds. The maximum Gasteiger partial charge on any atom is 0.203 e. The van der Waals surface area contributed by atoms with Crippen molar-refractivity contribution < 1.29 is 23.4 Å². The second-order valence-corrected chi connectivity index (χ2v) is 6.18. The summed E-state index contributed by atoms with van der Waals surface area (Å²) in [6.07, 6.45) is 1.65. The van der Waals surface area contributed by atoms with Gasteiger partial charge in [-0.15, -0.1) is 0 Å². The van der Waals surface area contributed by atoms with Crippen LogP contribution in [0.3, 0.4) is 0 Å². The molecule has 4 rings (SSSR count). The van der Waals surface area contributed by atoms with E-state index in [9.17, 15) is 0 Å². The average molecular weight is 379 g/mol. The summed E-state index contributed by atoms with van der Waals surface area (Å²) in [5.74, 6) is 3.22. The maximum atomic E-state index is 5.68. The van der Waals surface area contributed by atoms with Crippen molar-refractivity contribution in [3.05, 3.63) is 48.7 Å². The van der Waals surface area contributed by atoms with Crippen molar-refractivity contribution in [3.8, 4) is 45.6 Å². The number of aromatic amines is 1. The van der Waals surface area contributed by atoms with Crippen LogP contribution < -0.4 is 18.9 Å². The summed E-state index contributed by atoms with van der Waals surface area (Å²) < 4.78 is 27.7. The minimum absolute atomic E-state index is 0.547. The summed E-state index contributed by atoms with van der Waals surface area (Å²) in [5, 5.41) is 1.00. The van der Waals surface area contributed by atoms with Crippen molar-refractivity contribution in [2.75, 3.05) is 28.4 Å². The van der Waals surface area contributed by atoms with Crippen LogP contribution in [-0.2, 0) is 0 Å². The average Bonchev–Trinajstić information content (AvgIpc) is 3.39. The lowest BCUT2D eigenvalue weighted by Crippen LogP contribution is -1.96. The van der Waals surface area contributed by atoms with Crippen LogP contribution in [0.25, 0.3) is 33.5 Å². The molecule has 0 bridgehead atoms. The third-order valence-electron chi connectivity index (χ3n) is 4.73. The predicted molar refractivity (Wildman–Crippen MR) is 108 cm³/mol. The largest absolute Gasteiger partial charge is 0.497 e. The Morgan fingerprint density at radius 1 is 0.821 bits per heavy atom. The Labute approximate surface area is 162 Å². The number of aromatic nitrogens is 1. The number of hydrogen-bond acceptors (Lipinski definition) is 5. The molecule has 6 nitrogen and oxygen atoms in total. The predicted octanol–water partition coefficient (Wildman–Crippen LogP) is 5.13. The molecule has 0 aliphatic rings. The number of ether oxygens (including phenoxy) is 4. The fourth-order valence-electron chi connectivity index (χ4n) is 3.43. The first kappa shape index (κ1) is 17.9. The molecule has 1 N–H and O–H groups in total. The van der Waals surface area contributed by atoms with Gasteiger partial charge in [0.2, 0.25) is 5.75 Å². The zero-order chi connectivity index (χ0) is 19.7. The number of rotatable bonds is 6. The minimum Gasteiger partial charge on any atom is -0.497 e. The second-order valence-electron chi connectivity index (χ2n) is 6.18. The number of fused-ring (bicyclic) bond motifs is 1. The highest BCUT2D eigenvalue weighted by Crippen LogP contribution is 2.46. The van der Waals surface area contributed by atoms with Gasteiger partial charge in [-0.2, -0.15) is 0 Å². The fourth-order valence-corrected chi connectivity index (χ4v) is 3.43. The van der Waals surface area contributed by atoms with Gasteiger partial charge < -0.3 is 28.3 Å². The van der Waals surface area contributed by atoms with Gasteiger partial charge in [-0.3, -0.25) is 0 Å². The molecule has 4 aromatic rings. The zero-order valence-corrected chi connectivity index (χ0v) is 16.2. The van der Waals surface area contributed by atoms with Gasteiger partial charge in [-0.05, 0) is 48.0 Å². The van der Waals surface area contributed by atoms with Gasteiger partial charge in [0.25, 0.3) is 0 Å². The summed E-state index contributed by atoms with van der Waals surface area (Å²) in [5.41, 5.74) is 3.70. The Kier molecular flexibility index (Phi) is 4.61. The van der Waals surface area contributed by atoms with Crippen LogP contribution in [-0.4, -0.2) is 33.4 Å². The molecular weight excluding hydrogens is 358 g/mol. The molecule has 0 radical (unpaired) electrons. The van der Waals surface area contributed by atoms with Gasteiger partial charge in [0.1, 0.15) is 5.75 Å². The number of H-pyrrole nitrogens is 1. The first-order valence-electron chi connectivity index (χ1n) is 8.74. The van der Waals surface area contributed by atoms with Gasteiger partial charge in [-0.25, -0.2) is 0 Å². The summed E-state index contributed by atoms with van der Waals surface area (Å²) in [4.78, 5) is 3.46. The van der Waals surface area contributed by atoms with E-state index in [0.29, 0.717) is 17.2 Å². The van der Waals surface area contributed by atoms with Crippen molar-refractivity contribution >= 4 is 10.9 Å². The molecule has 0 aliphatic heterocycles. The summed E-state index contributed by atoms with van der Waals surface area (Å²) in [7, 11) is 6.45. The molecule has 2 aromatic carbocycles. The van der Waals surface area contributed by atoms with Crippen LogP contribution in [0.4, 0.5) is 0 Å². The summed E-state index contributed by atoms with van der Waals surface area (Å²) in [6, 6.07) is 13.5. The number of nitrogens with one attached hydrogen (secondary N) is 1. The number of hydrogen-bond donors (Lipinski definition) is 1. The molecule has 0 unspecified atom stereocenters. The van der Waals surface area contributed by atoms with Crippen molar-refractivity contribution in [2.45, 2.75) is 0 Å². The second kappa shape index (κ2) is 7.23. The smallest absolute Gasteiger partial charge is 0.203 e. The topological polar surface area (TPSA) is 65.9 Å². The van der Waals surface area contributed by atoms with Crippen LogP contribution in [0.2, 0.25) is 0 Å². The monoisotopic (exact) mass is 379 g/mol. The highest BCUT2D eigenvalue weighted by molar-refractivity contribution is 6.04. The van der Waals surface area contributed by atoms with E-state index in [1.807, 2.05) is 42.5 Å². The van der Waals surface area contributed by atoms with E-state index < -0.39 is 0 Å². The van der Waals surface area contributed by atoms with Crippen molar-refractivity contribution in [2.24, 2.45) is 0 Å². The molecule has 2 aromatic heterocycles. The van der Waals surface area contributed by atoms with E-state index in [0.717, 1.165) is 39.2 Å². The third kappa shape index (κ3) is 2.83. The third-order valence-corrected chi connectivity index (χ3v) is 4.73. The molecule has 0 fully saturated rings. The molecule has 2 heterocycles. The molecule has 0 saturated heterocycles. The van der Waals surface area contributed by atoms with Gasteiger partial charge in [0, 0.05) is 16.5 Å². The molecule has 0 atom stereocenters. The van der Waals surface area contributed by atoms with Gasteiger partial charge in [0.15, 0.2) is 17.3 Å². The molecule has 0 saturated carbocycles. The SMILES string of the molecule is COc1ccc2[nH]c(-c3ccco3)c(-c3cc(OC)c(OC)c(OC)c3)c2c1. The Balaban J connectivity index is 2.06. The maximum absolute atomic E-state index is 5.68. The standard InChI is InChI=1S/C22H21NO5/c1-24-14-7-8-16-15(12-14)20(21(23-16)17-6-5-9-28-17)13-10-18(25-2)22(27-4)19(11-13)26-3/h5-12,23H,1-4H3. The van der Waals surface area contributed by atoms with Gasteiger partial charge in [-0.1, -0.05) is 0 Å². The van der Waals surface area contributed by atoms with Crippen LogP contribution in [0.5, 0.6) is 23.0 Å². The zero-order valence-electron chi connectivity index (χ0n) is 16.2. The number of benzene rings is 2. The van der Waals surface area contributed by atoms with Crippen molar-refractivity contribution in [3.63, 3.8) is 0 Å². The Morgan fingerprint density at radius 2 is 1.57 bits per heavy atom. The molecule has 6 heteroatoms. The number of methoxy groups -OCH3 is 4. The van der Waals surface area contributed by atoms with Crippen molar-refractivity contribution in [1.82, 2.24) is 4.98 Å². The quantitative estimate of drug-likeness (QED) is 0.503. The molecule has 0 spiro atoms. The summed E-state index contributed by atoms with van der Waals surface area (Å²) >= 11 is 0. The first-order chi connectivity index (χ1) is 13.7. The van der Waals surface area contributed by atoms with Crippen LogP contribution in [0, 0.1) is 0 Å². The fraction of sp³-hybridized carbons (Fsp3) is 0.182. The van der Waals surface area contributed by atoms with Gasteiger partial charge in [0.05, 0.1) is 40.4 Å². The lowest BCUT2D eigenvalue weighted by Gasteiger charge is -2.14. The first-order valence-corrected chi connectivity index (χ1v) is 8.74. The van der Waals surface area contributed by atoms with Gasteiger partial charge >= 0.3 is 0 Å². The van der Waals surface area contributed by atoms with Crippen molar-refractivity contribution in [1.29, 1.82) is 0 Å². The highest BCUT2D eigenvalue weighted by Gasteiger charge is 2.21. The molecule has 144 valence electrons. The van der Waals surface area contributed by atoms with E-state index in [4.69, 9.17) is 23.4 Å². The molecule has 28 heavy (non-hydrogen) atoms. The lowest BCUT2D eigenvalue weighted by molar-refractivity contribution is 0.324. The Bertz CT molecular complexity index is 1090. The normalized spacial score (nSPS) is 10.9. The molecule has 0 aliphatic carbocycles. The highest BCUT2D eigenvalue weighted by atomic mass is 16.5. The van der Waals surface area contributed by atoms with E-state index >= 15 is 0 Å². The van der Waals surface area contributed by atoms with Crippen LogP contribution in [0.15, 0.2) is 53.1 Å². The van der Waals surface area contributed by atoms with E-state index in [2.05, 4.69) is 4.98 Å². The van der Waals surface area contributed by atoms with E-state index in [1.165, 1.54) is 0 Å². The van der Waals surface area contributed by atoms with Crippen LogP contribution >= 0.6 is 0 Å². The Morgan fingerprint density at radius 3 is 2.14 bits per heavy atom. The lowest BCUT2D eigenvalue weighted by atomic mass is 9.99. The summed E-state index contributed by atoms with van der Waals surface area (Å²) in [6.45, 7) is 0. The minimum atomic E-state index is 0.547. The Hall–Kier alpha value is -3.54. The number of furan rings is 1. The van der Waals surface area contributed by atoms with E-state index in [-0.39, 0.29) is 0 Å². The molecular formula is C22H21NO5.